The van der Waals surface area contributed by atoms with Gasteiger partial charge in [-0.2, -0.15) is 0 Å². The molecule has 0 spiro atoms. The van der Waals surface area contributed by atoms with Crippen molar-refractivity contribution in [2.45, 2.75) is 6.42 Å². The van der Waals surface area contributed by atoms with E-state index in [2.05, 4.69) is 5.32 Å². The van der Waals surface area contributed by atoms with Gasteiger partial charge in [0.25, 0.3) is 0 Å². The Balaban J connectivity index is 1.76. The number of nitrogens with one attached hydrogen (secondary N) is 1. The van der Waals surface area contributed by atoms with Crippen LogP contribution in [0.2, 0.25) is 5.02 Å². The summed E-state index contributed by atoms with van der Waals surface area (Å²) >= 11 is 5.77. The van der Waals surface area contributed by atoms with Crippen molar-refractivity contribution in [3.63, 3.8) is 0 Å². The van der Waals surface area contributed by atoms with Crippen molar-refractivity contribution in [1.29, 1.82) is 0 Å². The zero-order valence-electron chi connectivity index (χ0n) is 11.5. The summed E-state index contributed by atoms with van der Waals surface area (Å²) in [6.07, 6.45) is 3.76. The average Bonchev–Trinajstić information content (AvgIpc) is 2.77. The number of carbonyl (C=O) groups is 1. The number of benzene rings is 1. The van der Waals surface area contributed by atoms with Gasteiger partial charge in [-0.05, 0) is 30.2 Å². The fourth-order valence-corrected chi connectivity index (χ4v) is 3.71. The molecule has 21 heavy (non-hydrogen) atoms. The largest absolute Gasteiger partial charge is 0.351 e. The van der Waals surface area contributed by atoms with Crippen LogP contribution >= 0.6 is 11.6 Å². The van der Waals surface area contributed by atoms with Gasteiger partial charge in [0.15, 0.2) is 0 Å². The Morgan fingerprint density at radius 1 is 1.33 bits per heavy atom. The van der Waals surface area contributed by atoms with E-state index in [1.165, 1.54) is 10.4 Å². The topological polar surface area (TPSA) is 66.5 Å². The van der Waals surface area contributed by atoms with Crippen LogP contribution in [0.4, 0.5) is 0 Å². The first-order chi connectivity index (χ1) is 9.97. The monoisotopic (exact) mass is 328 g/mol. The van der Waals surface area contributed by atoms with Crippen LogP contribution in [0.25, 0.3) is 6.08 Å². The molecular formula is C14H17ClN2O3S. The summed E-state index contributed by atoms with van der Waals surface area (Å²) in [6, 6.07) is 7.11. The van der Waals surface area contributed by atoms with Gasteiger partial charge in [-0.15, -0.1) is 0 Å². The maximum Gasteiger partial charge on any atom is 0.244 e. The molecule has 1 heterocycles. The van der Waals surface area contributed by atoms with Crippen LogP contribution in [0.5, 0.6) is 0 Å². The second-order valence-electron chi connectivity index (χ2n) is 4.74. The highest BCUT2D eigenvalue weighted by molar-refractivity contribution is 7.89. The highest BCUT2D eigenvalue weighted by atomic mass is 35.5. The highest BCUT2D eigenvalue weighted by Crippen LogP contribution is 2.12. The van der Waals surface area contributed by atoms with E-state index in [1.807, 2.05) is 12.1 Å². The maximum absolute atomic E-state index is 11.6. The van der Waals surface area contributed by atoms with Crippen molar-refractivity contribution < 1.29 is 13.2 Å². The van der Waals surface area contributed by atoms with E-state index >= 15 is 0 Å². The molecular weight excluding hydrogens is 312 g/mol. The van der Waals surface area contributed by atoms with Crippen molar-refractivity contribution in [2.75, 3.05) is 25.4 Å². The van der Waals surface area contributed by atoms with Crippen molar-refractivity contribution in [3.8, 4) is 0 Å². The van der Waals surface area contributed by atoms with Gasteiger partial charge in [-0.25, -0.2) is 12.7 Å². The van der Waals surface area contributed by atoms with Crippen LogP contribution < -0.4 is 5.32 Å². The fourth-order valence-electron chi connectivity index (χ4n) is 2.05. The van der Waals surface area contributed by atoms with E-state index in [0.29, 0.717) is 31.1 Å². The number of sulfonamides is 1. The third-order valence-electron chi connectivity index (χ3n) is 3.16. The van der Waals surface area contributed by atoms with Crippen molar-refractivity contribution in [3.05, 3.63) is 40.9 Å². The number of carbonyl (C=O) groups excluding carboxylic acids is 1. The predicted octanol–water partition coefficient (Wildman–Crippen LogP) is 1.50. The quantitative estimate of drug-likeness (QED) is 0.833. The number of halogens is 1. The molecule has 114 valence electrons. The van der Waals surface area contributed by atoms with Crippen molar-refractivity contribution in [2.24, 2.45) is 0 Å². The summed E-state index contributed by atoms with van der Waals surface area (Å²) in [5, 5.41) is 3.31. The second kappa shape index (κ2) is 7.06. The van der Waals surface area contributed by atoms with Gasteiger partial charge in [0.05, 0.1) is 5.75 Å². The molecule has 7 heteroatoms. The molecule has 1 amide bonds. The molecule has 1 fully saturated rings. The van der Waals surface area contributed by atoms with Gasteiger partial charge in [0.2, 0.25) is 15.9 Å². The number of nitrogens with zero attached hydrogens (tertiary/aromatic N) is 1. The molecule has 1 aromatic carbocycles. The molecule has 2 rings (SSSR count). The Morgan fingerprint density at radius 2 is 2.05 bits per heavy atom. The third-order valence-corrected chi connectivity index (χ3v) is 5.37. The van der Waals surface area contributed by atoms with Crippen LogP contribution in [0.15, 0.2) is 30.3 Å². The van der Waals surface area contributed by atoms with Crippen LogP contribution in [0.1, 0.15) is 12.0 Å². The van der Waals surface area contributed by atoms with E-state index in [9.17, 15) is 13.2 Å². The minimum atomic E-state index is -3.09. The van der Waals surface area contributed by atoms with E-state index in [1.54, 1.807) is 18.2 Å². The molecule has 0 atom stereocenters. The average molecular weight is 329 g/mol. The lowest BCUT2D eigenvalue weighted by Gasteiger charge is -2.13. The molecule has 1 aliphatic heterocycles. The van der Waals surface area contributed by atoms with Crippen LogP contribution in [0.3, 0.4) is 0 Å². The lowest BCUT2D eigenvalue weighted by atomic mass is 10.2. The normalized spacial score (nSPS) is 18.1. The summed E-state index contributed by atoms with van der Waals surface area (Å²) in [7, 11) is -3.09. The number of rotatable bonds is 5. The van der Waals surface area contributed by atoms with Gasteiger partial charge < -0.3 is 5.32 Å². The molecule has 1 aliphatic rings. The molecule has 1 saturated heterocycles. The summed E-state index contributed by atoms with van der Waals surface area (Å²) in [5.74, 6) is -0.0428. The van der Waals surface area contributed by atoms with E-state index in [-0.39, 0.29) is 11.7 Å². The van der Waals surface area contributed by atoms with Gasteiger partial charge >= 0.3 is 0 Å². The summed E-state index contributed by atoms with van der Waals surface area (Å²) < 4.78 is 24.5. The standard InChI is InChI=1S/C14H17ClN2O3S/c15-13-5-2-12(3-6-13)4-7-14(18)16-8-10-17-9-1-11-21(17,19)20/h2-7H,1,8-11H2,(H,16,18). The first kappa shape index (κ1) is 16.0. The van der Waals surface area contributed by atoms with Gasteiger partial charge in [-0.1, -0.05) is 23.7 Å². The SMILES string of the molecule is O=C(C=Cc1ccc(Cl)cc1)NCCN1CCCS1(=O)=O. The highest BCUT2D eigenvalue weighted by Gasteiger charge is 2.27. The molecule has 0 saturated carbocycles. The first-order valence-electron chi connectivity index (χ1n) is 6.67. The third kappa shape index (κ3) is 4.84. The smallest absolute Gasteiger partial charge is 0.244 e. The first-order valence-corrected chi connectivity index (χ1v) is 8.65. The zero-order chi connectivity index (χ0) is 15.3. The molecule has 1 N–H and O–H groups in total. The molecule has 0 aliphatic carbocycles. The second-order valence-corrected chi connectivity index (χ2v) is 7.27. The number of hydrogen-bond acceptors (Lipinski definition) is 3. The number of hydrogen-bond donors (Lipinski definition) is 1. The Bertz CT molecular complexity index is 626. The zero-order valence-corrected chi connectivity index (χ0v) is 13.0. The Hall–Kier alpha value is -1.37. The molecule has 0 radical (unpaired) electrons. The Morgan fingerprint density at radius 3 is 2.67 bits per heavy atom. The minimum absolute atomic E-state index is 0.206. The fraction of sp³-hybridized carbons (Fsp3) is 0.357. The van der Waals surface area contributed by atoms with Crippen molar-refractivity contribution in [1.82, 2.24) is 9.62 Å². The number of amides is 1. The molecule has 0 aromatic heterocycles. The van der Waals surface area contributed by atoms with Gasteiger partial charge in [-0.3, -0.25) is 4.79 Å². The predicted molar refractivity (Wildman–Crippen MR) is 83.5 cm³/mol. The molecule has 0 unspecified atom stereocenters. The minimum Gasteiger partial charge on any atom is -0.351 e. The maximum atomic E-state index is 11.6. The lowest BCUT2D eigenvalue weighted by Crippen LogP contribution is -2.35. The van der Waals surface area contributed by atoms with Gasteiger partial charge in [0, 0.05) is 30.7 Å². The summed E-state index contributed by atoms with van der Waals surface area (Å²) in [5.41, 5.74) is 0.872. The summed E-state index contributed by atoms with van der Waals surface area (Å²) in [6.45, 7) is 1.17. The Kier molecular flexibility index (Phi) is 5.39. The van der Waals surface area contributed by atoms with Crippen molar-refractivity contribution >= 4 is 33.6 Å². The van der Waals surface area contributed by atoms with Gasteiger partial charge in [0.1, 0.15) is 0 Å². The van der Waals surface area contributed by atoms with E-state index < -0.39 is 10.0 Å². The Labute approximate surface area is 129 Å². The van der Waals surface area contributed by atoms with E-state index in [0.717, 1.165) is 5.56 Å². The lowest BCUT2D eigenvalue weighted by molar-refractivity contribution is -0.116. The van der Waals surface area contributed by atoms with Crippen LogP contribution in [0, 0.1) is 0 Å². The van der Waals surface area contributed by atoms with Crippen LogP contribution in [-0.2, 0) is 14.8 Å². The molecule has 1 aromatic rings. The summed E-state index contributed by atoms with van der Waals surface area (Å²) in [4.78, 5) is 11.6. The molecule has 0 bridgehead atoms. The van der Waals surface area contributed by atoms with Crippen LogP contribution in [-0.4, -0.2) is 44.0 Å². The van der Waals surface area contributed by atoms with E-state index in [4.69, 9.17) is 11.6 Å². The molecule has 5 nitrogen and oxygen atoms in total.